The van der Waals surface area contributed by atoms with E-state index in [1.54, 1.807) is 30.4 Å². The summed E-state index contributed by atoms with van der Waals surface area (Å²) in [4.78, 5) is 8.13. The summed E-state index contributed by atoms with van der Waals surface area (Å²) in [5.74, 6) is 2.18. The number of aliphatic imine (C=N–C) groups is 1. The smallest absolute Gasteiger partial charge is 0.626 e. The zero-order valence-electron chi connectivity index (χ0n) is 52.1. The number of aromatic amines is 1. The van der Waals surface area contributed by atoms with E-state index in [0.29, 0.717) is 60.6 Å². The van der Waals surface area contributed by atoms with Crippen LogP contribution in [0.2, 0.25) is 0 Å². The van der Waals surface area contributed by atoms with Gasteiger partial charge in [0.2, 0.25) is 11.5 Å². The molecule has 3 heterocycles. The lowest BCUT2D eigenvalue weighted by atomic mass is 10.1. The Labute approximate surface area is 515 Å². The Hall–Kier alpha value is -5.43. The minimum Gasteiger partial charge on any atom is -0.626 e. The summed E-state index contributed by atoms with van der Waals surface area (Å²) in [5.41, 5.74) is 2.64. The maximum absolute atomic E-state index is 15.8. The normalized spacial score (nSPS) is 14.4. The van der Waals surface area contributed by atoms with E-state index in [1.807, 2.05) is 18.2 Å². The third-order valence-electron chi connectivity index (χ3n) is 13.8. The van der Waals surface area contributed by atoms with Crippen molar-refractivity contribution in [2.24, 2.45) is 4.99 Å². The first-order valence-corrected chi connectivity index (χ1v) is 32.0. The summed E-state index contributed by atoms with van der Waals surface area (Å²) in [6.45, 7) is 11.0. The minimum absolute atomic E-state index is 0.0903. The maximum Gasteiger partial charge on any atom is 0.726 e. The molecule has 0 saturated carbocycles. The van der Waals surface area contributed by atoms with Gasteiger partial charge in [-0.05, 0) is 67.8 Å². The first-order chi connectivity index (χ1) is 42.7. The molecule has 19 nitrogen and oxygen atoms in total. The molecule has 0 fully saturated rings. The molecular formula is C65H100BF2N2O17-. The van der Waals surface area contributed by atoms with Gasteiger partial charge in [-0.3, -0.25) is 0 Å². The van der Waals surface area contributed by atoms with Crippen LogP contribution in [0.25, 0.3) is 17.0 Å². The summed E-state index contributed by atoms with van der Waals surface area (Å²) < 4.78 is 114. The lowest BCUT2D eigenvalue weighted by Gasteiger charge is -2.34. The lowest BCUT2D eigenvalue weighted by molar-refractivity contribution is 0.0206. The van der Waals surface area contributed by atoms with Crippen molar-refractivity contribution in [3.63, 3.8) is 0 Å². The van der Waals surface area contributed by atoms with E-state index in [0.717, 1.165) is 63.4 Å². The van der Waals surface area contributed by atoms with Gasteiger partial charge in [0.25, 0.3) is 0 Å². The Kier molecular flexibility index (Phi) is 37.3. The predicted octanol–water partition coefficient (Wildman–Crippen LogP) is 12.1. The van der Waals surface area contributed by atoms with Gasteiger partial charge in [0.1, 0.15) is 37.0 Å². The fourth-order valence-electron chi connectivity index (χ4n) is 9.29. The van der Waals surface area contributed by atoms with E-state index in [2.05, 4.69) is 25.8 Å². The van der Waals surface area contributed by atoms with Gasteiger partial charge in [-0.2, -0.15) is 0 Å². The van der Waals surface area contributed by atoms with Crippen LogP contribution in [0.5, 0.6) is 34.5 Å². The van der Waals surface area contributed by atoms with E-state index in [4.69, 9.17) is 86.5 Å². The Morgan fingerprint density at radius 2 is 0.782 bits per heavy atom. The number of unbranched alkanes of at least 4 members (excludes halogenated alkanes) is 15. The number of aliphatic hydroxyl groups excluding tert-OH is 3. The SMILES string of the molecule is CCCCCCCCOc1cc(-c2ccc(C3=C/C(=C4/C=CC(c5cc(OCCOCCOCCO)c(OCCOCCOCCO)c(OCCOCCOCCO)c5)=N4)O[B-](F)(F)O3)[nH]2)cc(OCCCCCCCC)c1OCCCCCCCC. The molecule has 0 atom stereocenters. The summed E-state index contributed by atoms with van der Waals surface area (Å²) in [6.07, 6.45) is 24.8. The molecule has 0 aliphatic carbocycles. The molecule has 0 spiro atoms. The Morgan fingerprint density at radius 3 is 1.24 bits per heavy atom. The number of hydrogen-bond donors (Lipinski definition) is 4. The Morgan fingerprint density at radius 1 is 0.414 bits per heavy atom. The van der Waals surface area contributed by atoms with Gasteiger partial charge in [-0.15, -0.1) is 0 Å². The number of hydrogen-bond acceptors (Lipinski definition) is 18. The Balaban J connectivity index is 1.45. The molecule has 22 heteroatoms. The van der Waals surface area contributed by atoms with Crippen molar-refractivity contribution in [3.8, 4) is 45.8 Å². The molecule has 490 valence electrons. The van der Waals surface area contributed by atoms with E-state index in [-0.39, 0.29) is 152 Å². The van der Waals surface area contributed by atoms with Gasteiger partial charge < -0.3 is 95.1 Å². The van der Waals surface area contributed by atoms with Gasteiger partial charge in [0, 0.05) is 22.9 Å². The number of allylic oxidation sites excluding steroid dienone is 3. The molecular weight excluding hydrogens is 1130 g/mol. The lowest BCUT2D eigenvalue weighted by Crippen LogP contribution is -2.34. The van der Waals surface area contributed by atoms with Crippen LogP contribution < -0.4 is 28.4 Å². The van der Waals surface area contributed by atoms with Crippen molar-refractivity contribution in [3.05, 3.63) is 77.3 Å². The summed E-state index contributed by atoms with van der Waals surface area (Å²) >= 11 is 0. The van der Waals surface area contributed by atoms with Gasteiger partial charge in [0.05, 0.1) is 130 Å². The van der Waals surface area contributed by atoms with Crippen molar-refractivity contribution in [2.75, 3.05) is 139 Å². The standard InChI is InChI=1S/C65H100BF2N2O17/c1-4-7-10-13-16-19-29-80-60-47-52(48-61(81-30-20-17-14-11-8-5-2)64(60)84-31-21-18-15-12-9-6-3)54-22-24-56(69-54)58-51-59(87-66(67,68)86-58)57-25-23-55(70-57)53-49-62(82-44-41-77-38-35-74-32-26-71)65(85-46-43-79-40-37-76-34-28-73)63(50-53)83-45-42-78-39-36-75-33-27-72/h22-25,47-51,69,71-73H,4-21,26-46H2,1-3H3/q-1/b59-57+. The molecule has 1 aromatic heterocycles. The number of rotatable bonds is 54. The van der Waals surface area contributed by atoms with E-state index >= 15 is 8.63 Å². The van der Waals surface area contributed by atoms with Crippen LogP contribution in [0.4, 0.5) is 8.63 Å². The molecule has 2 aromatic carbocycles. The first kappa shape index (κ1) is 72.3. The number of nitrogens with one attached hydrogen (secondary N) is 1. The van der Waals surface area contributed by atoms with Crippen molar-refractivity contribution in [1.82, 2.24) is 4.98 Å². The van der Waals surface area contributed by atoms with Gasteiger partial charge in [0.15, 0.2) is 23.0 Å². The molecule has 0 unspecified atom stereocenters. The number of aliphatic hydroxyl groups is 3. The molecule has 2 aliphatic rings. The molecule has 87 heavy (non-hydrogen) atoms. The number of H-pyrrole nitrogens is 1. The molecule has 0 bridgehead atoms. The monoisotopic (exact) mass is 1230 g/mol. The molecule has 4 N–H and O–H groups in total. The molecule has 0 amide bonds. The van der Waals surface area contributed by atoms with Crippen LogP contribution >= 0.6 is 0 Å². The van der Waals surface area contributed by atoms with E-state index in [9.17, 15) is 0 Å². The summed E-state index contributed by atoms with van der Waals surface area (Å²) in [5, 5.41) is 27.1. The highest BCUT2D eigenvalue weighted by molar-refractivity contribution is 6.53. The van der Waals surface area contributed by atoms with Crippen LogP contribution in [0.3, 0.4) is 0 Å². The first-order valence-electron chi connectivity index (χ1n) is 32.0. The number of nitrogens with zero attached hydrogens (tertiary/aromatic N) is 1. The second-order valence-corrected chi connectivity index (χ2v) is 21.0. The number of benzene rings is 2. The van der Waals surface area contributed by atoms with Gasteiger partial charge in [-0.1, -0.05) is 117 Å². The zero-order chi connectivity index (χ0) is 61.8. The highest BCUT2D eigenvalue weighted by atomic mass is 19.3. The second-order valence-electron chi connectivity index (χ2n) is 21.0. The average molecular weight is 1230 g/mol. The molecule has 3 aromatic rings. The Bertz CT molecular complexity index is 2380. The van der Waals surface area contributed by atoms with Crippen molar-refractivity contribution < 1.29 is 90.1 Å². The van der Waals surface area contributed by atoms with Gasteiger partial charge >= 0.3 is 7.11 Å². The highest BCUT2D eigenvalue weighted by Gasteiger charge is 2.39. The quantitative estimate of drug-likeness (QED) is 0.0305. The molecule has 0 saturated heterocycles. The van der Waals surface area contributed by atoms with Crippen LogP contribution in [0.15, 0.2) is 71.1 Å². The topological polar surface area (TPSA) is 218 Å². The van der Waals surface area contributed by atoms with E-state index < -0.39 is 7.11 Å². The van der Waals surface area contributed by atoms with Crippen LogP contribution in [0.1, 0.15) is 148 Å². The largest absolute Gasteiger partial charge is 0.726 e. The average Bonchev–Trinajstić information content (AvgIpc) is 2.03. The fraction of sp³-hybridized carbons (Fsp3) is 0.646. The number of halogens is 2. The molecule has 5 rings (SSSR count). The van der Waals surface area contributed by atoms with Crippen molar-refractivity contribution in [2.45, 2.75) is 136 Å². The molecule has 2 aliphatic heterocycles. The third-order valence-corrected chi connectivity index (χ3v) is 13.8. The zero-order valence-corrected chi connectivity index (χ0v) is 52.1. The van der Waals surface area contributed by atoms with Crippen molar-refractivity contribution >= 4 is 18.6 Å². The van der Waals surface area contributed by atoms with Crippen LogP contribution in [0, 0.1) is 0 Å². The van der Waals surface area contributed by atoms with Crippen LogP contribution in [-0.4, -0.2) is 172 Å². The summed E-state index contributed by atoms with van der Waals surface area (Å²) in [7, 11) is -4.85. The van der Waals surface area contributed by atoms with E-state index in [1.165, 1.54) is 63.9 Å². The van der Waals surface area contributed by atoms with Crippen LogP contribution in [-0.2, 0) is 37.7 Å². The predicted molar refractivity (Wildman–Crippen MR) is 333 cm³/mol. The number of ether oxygens (including phenoxy) is 12. The third kappa shape index (κ3) is 28.7. The van der Waals surface area contributed by atoms with Gasteiger partial charge in [-0.25, -0.2) is 4.99 Å². The van der Waals surface area contributed by atoms with Crippen molar-refractivity contribution in [1.29, 1.82) is 0 Å². The highest BCUT2D eigenvalue weighted by Crippen LogP contribution is 2.44. The minimum atomic E-state index is -4.85. The fourth-order valence-corrected chi connectivity index (χ4v) is 9.29. The molecule has 0 radical (unpaired) electrons. The number of aromatic nitrogens is 1. The second kappa shape index (κ2) is 44.9. The maximum atomic E-state index is 15.8. The summed E-state index contributed by atoms with van der Waals surface area (Å²) in [6, 6.07) is 10.8.